The predicted molar refractivity (Wildman–Crippen MR) is 24.0 cm³/mol. The lowest BCUT2D eigenvalue weighted by molar-refractivity contribution is -0.849. The number of nitrogens with zero attached hydrogens (tertiary/aromatic N) is 1. The first kappa shape index (κ1) is 9.85. The maximum atomic E-state index is 2.12. The predicted octanol–water partition coefficient (Wildman–Crippen LogP) is -2.67. The van der Waals surface area contributed by atoms with E-state index in [0.717, 1.165) is 4.48 Å². The maximum absolute atomic E-state index is 2.12. The van der Waals surface area contributed by atoms with Crippen LogP contribution in [-0.4, -0.2) is 32.7 Å². The number of hydrogen-bond donors (Lipinski definition) is 0. The van der Waals surface area contributed by atoms with E-state index in [9.17, 15) is 0 Å². The number of quaternary nitrogens is 1. The van der Waals surface area contributed by atoms with Gasteiger partial charge in [0.1, 0.15) is 0 Å². The highest BCUT2D eigenvalue weighted by atomic mass is 127. The third-order valence-electron chi connectivity index (χ3n) is 0. The van der Waals surface area contributed by atoms with Crippen LogP contribution < -0.4 is 24.0 Å². The summed E-state index contributed by atoms with van der Waals surface area (Å²) in [6.07, 6.45) is 0. The van der Waals surface area contributed by atoms with Crippen LogP contribution in [0.5, 0.6) is 0 Å². The van der Waals surface area contributed by atoms with Crippen molar-refractivity contribution in [1.82, 2.24) is 0 Å². The zero-order valence-corrected chi connectivity index (χ0v) is 6.98. The largest absolute Gasteiger partial charge is 1.00 e. The summed E-state index contributed by atoms with van der Waals surface area (Å²) in [4.78, 5) is 0. The van der Waals surface area contributed by atoms with Crippen LogP contribution in [0.1, 0.15) is 0 Å². The molecule has 0 N–H and O–H groups in total. The molecule has 0 rings (SSSR count). The van der Waals surface area contributed by atoms with E-state index in [1.807, 2.05) is 0 Å². The summed E-state index contributed by atoms with van der Waals surface area (Å²) in [5, 5.41) is 0. The van der Waals surface area contributed by atoms with Gasteiger partial charge in [-0.2, -0.15) is 0 Å². The Morgan fingerprint density at radius 2 is 0.833 bits per heavy atom. The highest BCUT2D eigenvalue weighted by molar-refractivity contribution is 3.87. The summed E-state index contributed by atoms with van der Waals surface area (Å²) in [6.45, 7) is 0. The molecule has 0 aliphatic rings. The smallest absolute Gasteiger partial charge is 0.0675 e. The Bertz CT molecular complexity index is 23.0. The molecule has 0 amide bonds. The Kier molecular flexibility index (Phi) is 4.59. The normalized spacial score (nSPS) is 10.0. The topological polar surface area (TPSA) is 0 Å². The highest BCUT2D eigenvalue weighted by Crippen LogP contribution is 1.73. The van der Waals surface area contributed by atoms with Gasteiger partial charge in [0.05, 0.1) is 28.2 Å². The molecule has 40 valence electrons. The lowest BCUT2D eigenvalue weighted by Gasteiger charge is -2.14. The fourth-order valence-corrected chi connectivity index (χ4v) is 0. The molecule has 2 heteroatoms. The molecule has 0 unspecified atom stereocenters. The van der Waals surface area contributed by atoms with E-state index in [0.29, 0.717) is 0 Å². The third-order valence-corrected chi connectivity index (χ3v) is 0. The summed E-state index contributed by atoms with van der Waals surface area (Å²) >= 11 is 0. The Morgan fingerprint density at radius 1 is 0.833 bits per heavy atom. The number of halogens is 1. The monoisotopic (exact) mass is 201 g/mol. The van der Waals surface area contributed by atoms with Crippen molar-refractivity contribution >= 4 is 0 Å². The minimum Gasteiger partial charge on any atom is -1.00 e. The van der Waals surface area contributed by atoms with Crippen molar-refractivity contribution in [2.24, 2.45) is 0 Å². The van der Waals surface area contributed by atoms with Crippen LogP contribution in [-0.2, 0) is 0 Å². The molecule has 0 heterocycles. The first-order valence-corrected chi connectivity index (χ1v) is 1.79. The lowest BCUT2D eigenvalue weighted by Crippen LogP contribution is -3.00. The molecule has 6 heavy (non-hydrogen) atoms. The molecule has 0 aliphatic heterocycles. The molecular weight excluding hydrogens is 189 g/mol. The SMILES string of the molecule is C[N+](C)(C)C.[I-]. The summed E-state index contributed by atoms with van der Waals surface area (Å²) in [7, 11) is 8.50. The summed E-state index contributed by atoms with van der Waals surface area (Å²) in [6, 6.07) is 0. The summed E-state index contributed by atoms with van der Waals surface area (Å²) in [5.74, 6) is 0. The molecule has 0 atom stereocenters. The van der Waals surface area contributed by atoms with E-state index in [1.54, 1.807) is 0 Å². The van der Waals surface area contributed by atoms with Crippen molar-refractivity contribution < 1.29 is 28.5 Å². The quantitative estimate of drug-likeness (QED) is 0.296. The molecule has 0 fully saturated rings. The van der Waals surface area contributed by atoms with Gasteiger partial charge in [-0.3, -0.25) is 0 Å². The van der Waals surface area contributed by atoms with E-state index >= 15 is 0 Å². The van der Waals surface area contributed by atoms with Crippen LogP contribution in [0.25, 0.3) is 0 Å². The van der Waals surface area contributed by atoms with Crippen LogP contribution in [0.2, 0.25) is 0 Å². The second kappa shape index (κ2) is 2.80. The second-order valence-corrected chi connectivity index (χ2v) is 2.68. The van der Waals surface area contributed by atoms with E-state index in [2.05, 4.69) is 28.2 Å². The standard InChI is InChI=1S/C4H12N.HI/c1-5(2,3)4;/h1-4H3;1H/q+1;/p-1. The van der Waals surface area contributed by atoms with Gasteiger partial charge in [0.15, 0.2) is 0 Å². The average molecular weight is 201 g/mol. The van der Waals surface area contributed by atoms with Crippen molar-refractivity contribution in [1.29, 1.82) is 0 Å². The molecule has 0 saturated carbocycles. The lowest BCUT2D eigenvalue weighted by atomic mass is 10.8. The first-order chi connectivity index (χ1) is 2.00. The average Bonchev–Trinajstić information content (AvgIpc) is 0.722. The summed E-state index contributed by atoms with van der Waals surface area (Å²) < 4.78 is 1.00. The molecule has 1 nitrogen and oxygen atoms in total. The van der Waals surface area contributed by atoms with Crippen LogP contribution in [0, 0.1) is 0 Å². The van der Waals surface area contributed by atoms with Gasteiger partial charge < -0.3 is 28.5 Å². The number of rotatable bonds is 0. The fraction of sp³-hybridized carbons (Fsp3) is 1.00. The van der Waals surface area contributed by atoms with E-state index in [-0.39, 0.29) is 24.0 Å². The molecule has 0 spiro atoms. The molecule has 0 aromatic heterocycles. The molecular formula is C4H12IN. The van der Waals surface area contributed by atoms with Crippen molar-refractivity contribution in [3.05, 3.63) is 0 Å². The van der Waals surface area contributed by atoms with Crippen molar-refractivity contribution in [2.75, 3.05) is 28.2 Å². The zero-order valence-electron chi connectivity index (χ0n) is 4.83. The van der Waals surface area contributed by atoms with Crippen LogP contribution >= 0.6 is 0 Å². The molecule has 0 aliphatic carbocycles. The van der Waals surface area contributed by atoms with E-state index in [1.165, 1.54) is 0 Å². The molecule has 0 saturated heterocycles. The first-order valence-electron chi connectivity index (χ1n) is 1.79. The second-order valence-electron chi connectivity index (χ2n) is 2.68. The Morgan fingerprint density at radius 3 is 0.833 bits per heavy atom. The molecule has 0 bridgehead atoms. The van der Waals surface area contributed by atoms with Crippen molar-refractivity contribution in [3.63, 3.8) is 0 Å². The van der Waals surface area contributed by atoms with Crippen molar-refractivity contribution in [3.8, 4) is 0 Å². The van der Waals surface area contributed by atoms with Gasteiger partial charge in [0.2, 0.25) is 0 Å². The van der Waals surface area contributed by atoms with Gasteiger partial charge in [-0.05, 0) is 0 Å². The Labute approximate surface area is 56.9 Å². The third kappa shape index (κ3) is 134. The van der Waals surface area contributed by atoms with Crippen molar-refractivity contribution in [2.45, 2.75) is 0 Å². The van der Waals surface area contributed by atoms with Crippen LogP contribution in [0.3, 0.4) is 0 Å². The number of hydrogen-bond acceptors (Lipinski definition) is 0. The summed E-state index contributed by atoms with van der Waals surface area (Å²) in [5.41, 5.74) is 0. The zero-order chi connectivity index (χ0) is 4.50. The van der Waals surface area contributed by atoms with Gasteiger partial charge >= 0.3 is 0 Å². The highest BCUT2D eigenvalue weighted by Gasteiger charge is 1.88. The Balaban J connectivity index is 0. The van der Waals surface area contributed by atoms with Gasteiger partial charge in [-0.1, -0.05) is 0 Å². The van der Waals surface area contributed by atoms with Crippen LogP contribution in [0.4, 0.5) is 0 Å². The molecule has 0 aromatic rings. The van der Waals surface area contributed by atoms with Gasteiger partial charge in [0, 0.05) is 0 Å². The minimum absolute atomic E-state index is 0. The van der Waals surface area contributed by atoms with Gasteiger partial charge in [-0.25, -0.2) is 0 Å². The maximum Gasteiger partial charge on any atom is 0.0675 e. The van der Waals surface area contributed by atoms with Gasteiger partial charge in [0.25, 0.3) is 0 Å². The van der Waals surface area contributed by atoms with Gasteiger partial charge in [-0.15, -0.1) is 0 Å². The fourth-order valence-electron chi connectivity index (χ4n) is 0. The van der Waals surface area contributed by atoms with E-state index < -0.39 is 0 Å². The molecule has 0 radical (unpaired) electrons. The molecule has 0 aromatic carbocycles. The van der Waals surface area contributed by atoms with Crippen LogP contribution in [0.15, 0.2) is 0 Å². The van der Waals surface area contributed by atoms with E-state index in [4.69, 9.17) is 0 Å². The minimum atomic E-state index is 0. The Hall–Kier alpha value is 0.690.